The van der Waals surface area contributed by atoms with Crippen molar-refractivity contribution in [3.05, 3.63) is 35.2 Å². The van der Waals surface area contributed by atoms with E-state index in [1.54, 1.807) is 11.3 Å². The van der Waals surface area contributed by atoms with Gasteiger partial charge in [0, 0.05) is 34.6 Å². The first-order valence-electron chi connectivity index (χ1n) is 7.79. The average Bonchev–Trinajstić information content (AvgIpc) is 2.97. The van der Waals surface area contributed by atoms with E-state index >= 15 is 0 Å². The summed E-state index contributed by atoms with van der Waals surface area (Å²) in [5.41, 5.74) is 0.870. The molecule has 0 saturated carbocycles. The van der Waals surface area contributed by atoms with E-state index < -0.39 is 0 Å². The number of thiophene rings is 1. The van der Waals surface area contributed by atoms with E-state index in [-0.39, 0.29) is 5.91 Å². The van der Waals surface area contributed by atoms with Crippen LogP contribution in [0, 0.1) is 0 Å². The van der Waals surface area contributed by atoms with Crippen molar-refractivity contribution >= 4 is 27.3 Å². The first-order chi connectivity index (χ1) is 10.3. The van der Waals surface area contributed by atoms with E-state index in [2.05, 4.69) is 29.3 Å². The van der Waals surface area contributed by atoms with Crippen LogP contribution < -0.4 is 5.32 Å². The molecule has 112 valence electrons. The molecule has 4 heteroatoms. The van der Waals surface area contributed by atoms with Gasteiger partial charge in [0.15, 0.2) is 0 Å². The minimum atomic E-state index is 0.197. The molecule has 1 aromatic heterocycles. The summed E-state index contributed by atoms with van der Waals surface area (Å²) < 4.78 is 1.19. The fourth-order valence-corrected chi connectivity index (χ4v) is 4.02. The predicted octanol–water partition coefficient (Wildman–Crippen LogP) is 3.51. The molecular formula is C17H22N2OS. The van der Waals surface area contributed by atoms with Crippen LogP contribution in [0.1, 0.15) is 36.5 Å². The Balaban J connectivity index is 1.89. The van der Waals surface area contributed by atoms with Gasteiger partial charge >= 0.3 is 0 Å². The molecule has 1 aliphatic heterocycles. The van der Waals surface area contributed by atoms with Gasteiger partial charge in [0.1, 0.15) is 0 Å². The number of benzene rings is 1. The number of rotatable bonds is 4. The van der Waals surface area contributed by atoms with Gasteiger partial charge in [0.2, 0.25) is 0 Å². The highest BCUT2D eigenvalue weighted by molar-refractivity contribution is 7.17. The maximum absolute atomic E-state index is 13.0. The van der Waals surface area contributed by atoms with Gasteiger partial charge in [0.25, 0.3) is 5.91 Å². The second kappa shape index (κ2) is 6.58. The molecule has 1 aliphatic rings. The molecule has 2 heterocycles. The van der Waals surface area contributed by atoms with Crippen LogP contribution >= 0.6 is 11.3 Å². The molecule has 0 spiro atoms. The Kier molecular flexibility index (Phi) is 4.56. The quantitative estimate of drug-likeness (QED) is 0.937. The minimum Gasteiger partial charge on any atom is -0.334 e. The Morgan fingerprint density at radius 3 is 3.05 bits per heavy atom. The summed E-state index contributed by atoms with van der Waals surface area (Å²) in [5, 5.41) is 6.53. The van der Waals surface area contributed by atoms with Gasteiger partial charge in [-0.05, 0) is 31.9 Å². The third kappa shape index (κ3) is 2.97. The molecule has 0 aliphatic carbocycles. The summed E-state index contributed by atoms with van der Waals surface area (Å²) in [6.07, 6.45) is 3.27. The van der Waals surface area contributed by atoms with E-state index in [9.17, 15) is 4.79 Å². The number of carbonyl (C=O) groups is 1. The lowest BCUT2D eigenvalue weighted by atomic mass is 10.0. The lowest BCUT2D eigenvalue weighted by molar-refractivity contribution is 0.0651. The maximum Gasteiger partial charge on any atom is 0.255 e. The van der Waals surface area contributed by atoms with E-state index in [0.29, 0.717) is 6.04 Å². The monoisotopic (exact) mass is 302 g/mol. The van der Waals surface area contributed by atoms with Crippen LogP contribution in [-0.4, -0.2) is 36.5 Å². The van der Waals surface area contributed by atoms with Crippen LogP contribution in [0.3, 0.4) is 0 Å². The summed E-state index contributed by atoms with van der Waals surface area (Å²) >= 11 is 1.66. The number of hydrogen-bond donors (Lipinski definition) is 1. The maximum atomic E-state index is 13.0. The van der Waals surface area contributed by atoms with Crippen molar-refractivity contribution in [2.75, 3.05) is 19.6 Å². The molecule has 3 nitrogen and oxygen atoms in total. The van der Waals surface area contributed by atoms with Crippen molar-refractivity contribution in [1.29, 1.82) is 0 Å². The van der Waals surface area contributed by atoms with Crippen LogP contribution in [0.2, 0.25) is 0 Å². The molecule has 3 rings (SSSR count). The highest BCUT2D eigenvalue weighted by atomic mass is 32.1. The molecule has 1 fully saturated rings. The fourth-order valence-electron chi connectivity index (χ4n) is 3.09. The number of amides is 1. The highest BCUT2D eigenvalue weighted by Crippen LogP contribution is 2.27. The number of carbonyl (C=O) groups excluding carboxylic acids is 1. The van der Waals surface area contributed by atoms with Crippen LogP contribution in [0.25, 0.3) is 10.1 Å². The van der Waals surface area contributed by atoms with Gasteiger partial charge in [-0.25, -0.2) is 0 Å². The van der Waals surface area contributed by atoms with Crippen molar-refractivity contribution in [3.63, 3.8) is 0 Å². The zero-order valence-electron chi connectivity index (χ0n) is 12.5. The lowest BCUT2D eigenvalue weighted by Gasteiger charge is -2.34. The Morgan fingerprint density at radius 1 is 1.43 bits per heavy atom. The Morgan fingerprint density at radius 2 is 2.29 bits per heavy atom. The van der Waals surface area contributed by atoms with E-state index in [1.165, 1.54) is 4.70 Å². The fraction of sp³-hybridized carbons (Fsp3) is 0.471. The number of fused-ring (bicyclic) bond motifs is 1. The summed E-state index contributed by atoms with van der Waals surface area (Å²) in [6, 6.07) is 8.52. The average molecular weight is 302 g/mol. The first kappa shape index (κ1) is 14.5. The molecule has 2 aromatic rings. The Bertz CT molecular complexity index is 616. The van der Waals surface area contributed by atoms with Crippen molar-refractivity contribution in [2.45, 2.75) is 32.2 Å². The Hall–Kier alpha value is -1.39. The molecule has 1 atom stereocenters. The number of piperidine rings is 1. The van der Waals surface area contributed by atoms with Gasteiger partial charge < -0.3 is 10.2 Å². The molecule has 1 aromatic carbocycles. The Labute approximate surface area is 130 Å². The number of nitrogens with one attached hydrogen (secondary N) is 1. The van der Waals surface area contributed by atoms with Crippen molar-refractivity contribution < 1.29 is 4.79 Å². The second-order valence-corrected chi connectivity index (χ2v) is 6.56. The van der Waals surface area contributed by atoms with Crippen LogP contribution in [-0.2, 0) is 0 Å². The lowest BCUT2D eigenvalue weighted by Crippen LogP contribution is -2.49. The minimum absolute atomic E-state index is 0.197. The summed E-state index contributed by atoms with van der Waals surface area (Å²) in [4.78, 5) is 15.1. The van der Waals surface area contributed by atoms with Gasteiger partial charge in [0.05, 0.1) is 5.56 Å². The van der Waals surface area contributed by atoms with E-state index in [1.807, 2.05) is 17.5 Å². The summed E-state index contributed by atoms with van der Waals surface area (Å²) in [7, 11) is 0. The topological polar surface area (TPSA) is 32.3 Å². The second-order valence-electron chi connectivity index (χ2n) is 5.64. The van der Waals surface area contributed by atoms with Crippen LogP contribution in [0.5, 0.6) is 0 Å². The highest BCUT2D eigenvalue weighted by Gasteiger charge is 2.26. The first-order valence-corrected chi connectivity index (χ1v) is 8.67. The molecule has 1 saturated heterocycles. The van der Waals surface area contributed by atoms with Gasteiger partial charge in [-0.2, -0.15) is 0 Å². The molecule has 21 heavy (non-hydrogen) atoms. The standard InChI is InChI=1S/C17H22N2OS/c1-2-10-19(13-6-5-9-18-11-13)17(20)15-12-21-16-8-4-3-7-14(15)16/h3-4,7-8,12-13,18H,2,5-6,9-11H2,1H3. The summed E-state index contributed by atoms with van der Waals surface area (Å²) in [5.74, 6) is 0.197. The predicted molar refractivity (Wildman–Crippen MR) is 89.0 cm³/mol. The normalized spacial score (nSPS) is 18.8. The van der Waals surface area contributed by atoms with Crippen molar-refractivity contribution in [2.24, 2.45) is 0 Å². The van der Waals surface area contributed by atoms with Crippen LogP contribution in [0.15, 0.2) is 29.6 Å². The van der Waals surface area contributed by atoms with Gasteiger partial charge in [-0.1, -0.05) is 25.1 Å². The zero-order valence-corrected chi connectivity index (χ0v) is 13.3. The largest absolute Gasteiger partial charge is 0.334 e. The zero-order chi connectivity index (χ0) is 14.7. The molecule has 1 N–H and O–H groups in total. The third-order valence-electron chi connectivity index (χ3n) is 4.15. The molecule has 0 radical (unpaired) electrons. The van der Waals surface area contributed by atoms with Crippen molar-refractivity contribution in [1.82, 2.24) is 10.2 Å². The summed E-state index contributed by atoms with van der Waals surface area (Å²) in [6.45, 7) is 4.98. The molecule has 0 bridgehead atoms. The van der Waals surface area contributed by atoms with E-state index in [0.717, 1.165) is 49.8 Å². The van der Waals surface area contributed by atoms with E-state index in [4.69, 9.17) is 0 Å². The molecule has 1 unspecified atom stereocenters. The number of hydrogen-bond acceptors (Lipinski definition) is 3. The SMILES string of the molecule is CCCN(C(=O)c1csc2ccccc12)C1CCCNC1. The van der Waals surface area contributed by atoms with Crippen LogP contribution in [0.4, 0.5) is 0 Å². The third-order valence-corrected chi connectivity index (χ3v) is 5.11. The van der Waals surface area contributed by atoms with Crippen molar-refractivity contribution in [3.8, 4) is 0 Å². The smallest absolute Gasteiger partial charge is 0.255 e. The molecular weight excluding hydrogens is 280 g/mol. The van der Waals surface area contributed by atoms with Gasteiger partial charge in [-0.15, -0.1) is 11.3 Å². The molecule has 1 amide bonds. The number of nitrogens with zero attached hydrogens (tertiary/aromatic N) is 1. The van der Waals surface area contributed by atoms with Gasteiger partial charge in [-0.3, -0.25) is 4.79 Å².